The van der Waals surface area contributed by atoms with Crippen LogP contribution in [0.5, 0.6) is 0 Å². The molecule has 0 aliphatic rings. The molecule has 0 saturated carbocycles. The summed E-state index contributed by atoms with van der Waals surface area (Å²) in [7, 11) is -3.38. The molecule has 4 nitrogen and oxygen atoms in total. The van der Waals surface area contributed by atoms with Gasteiger partial charge in [-0.3, -0.25) is 0 Å². The van der Waals surface area contributed by atoms with E-state index in [2.05, 4.69) is 4.84 Å². The smallest absolute Gasteiger partial charge is 0.175 e. The summed E-state index contributed by atoms with van der Waals surface area (Å²) in [6.45, 7) is 0.215. The molecule has 6 heteroatoms. The highest BCUT2D eigenvalue weighted by molar-refractivity contribution is 7.90. The molecule has 0 atom stereocenters. The summed E-state index contributed by atoms with van der Waals surface area (Å²) in [5, 5.41) is 0. The quantitative estimate of drug-likeness (QED) is 0.776. The van der Waals surface area contributed by atoms with Crippen LogP contribution >= 0.6 is 0 Å². The Morgan fingerprint density at radius 3 is 2.60 bits per heavy atom. The van der Waals surface area contributed by atoms with E-state index in [9.17, 15) is 12.8 Å². The molecule has 0 aliphatic carbocycles. The average Bonchev–Trinajstić information content (AvgIpc) is 2.12. The summed E-state index contributed by atoms with van der Waals surface area (Å²) < 4.78 is 35.4. The summed E-state index contributed by atoms with van der Waals surface area (Å²) in [6, 6.07) is 3.66. The van der Waals surface area contributed by atoms with Gasteiger partial charge < -0.3 is 4.84 Å². The molecular formula is C9H12FNO3S. The van der Waals surface area contributed by atoms with Crippen LogP contribution in [0, 0.1) is 5.82 Å². The normalized spacial score (nSPS) is 11.7. The Morgan fingerprint density at radius 2 is 2.07 bits per heavy atom. The molecule has 0 fully saturated rings. The van der Waals surface area contributed by atoms with Crippen LogP contribution in [0.2, 0.25) is 0 Å². The van der Waals surface area contributed by atoms with Crippen molar-refractivity contribution in [1.82, 2.24) is 0 Å². The van der Waals surface area contributed by atoms with Gasteiger partial charge in [0.25, 0.3) is 0 Å². The number of hydrogen-bond donors (Lipinski definition) is 1. The van der Waals surface area contributed by atoms with E-state index in [1.807, 2.05) is 0 Å². The van der Waals surface area contributed by atoms with E-state index in [-0.39, 0.29) is 11.5 Å². The maximum Gasteiger partial charge on any atom is 0.175 e. The molecule has 0 aliphatic heterocycles. The van der Waals surface area contributed by atoms with E-state index in [0.717, 1.165) is 12.3 Å². The first-order valence-electron chi connectivity index (χ1n) is 4.24. The van der Waals surface area contributed by atoms with Crippen LogP contribution in [0.1, 0.15) is 5.56 Å². The summed E-state index contributed by atoms with van der Waals surface area (Å²) in [6.07, 6.45) is 1.40. The lowest BCUT2D eigenvalue weighted by molar-refractivity contribution is 0.141. The molecule has 1 rings (SSSR count). The minimum atomic E-state index is -3.38. The van der Waals surface area contributed by atoms with Crippen molar-refractivity contribution in [2.24, 2.45) is 5.90 Å². The third-order valence-electron chi connectivity index (χ3n) is 1.87. The Bertz CT molecular complexity index is 445. The predicted molar refractivity (Wildman–Crippen MR) is 53.4 cm³/mol. The Kier molecular flexibility index (Phi) is 3.78. The van der Waals surface area contributed by atoms with Crippen molar-refractivity contribution in [3.8, 4) is 0 Å². The Labute approximate surface area is 87.7 Å². The molecule has 1 aromatic rings. The zero-order chi connectivity index (χ0) is 11.5. The molecule has 0 radical (unpaired) electrons. The molecule has 0 amide bonds. The Hall–Kier alpha value is -0.980. The van der Waals surface area contributed by atoms with Gasteiger partial charge in [0.15, 0.2) is 9.84 Å². The molecule has 0 saturated heterocycles. The molecule has 1 aromatic carbocycles. The highest BCUT2D eigenvalue weighted by atomic mass is 32.2. The molecule has 2 N–H and O–H groups in total. The summed E-state index contributed by atoms with van der Waals surface area (Å²) in [4.78, 5) is 4.31. The highest BCUT2D eigenvalue weighted by Gasteiger charge is 2.10. The topological polar surface area (TPSA) is 69.4 Å². The lowest BCUT2D eigenvalue weighted by atomic mass is 10.1. The van der Waals surface area contributed by atoms with Crippen molar-refractivity contribution < 1.29 is 17.6 Å². The fourth-order valence-electron chi connectivity index (χ4n) is 1.16. The molecular weight excluding hydrogens is 221 g/mol. The third-order valence-corrected chi connectivity index (χ3v) is 2.96. The van der Waals surface area contributed by atoms with Gasteiger partial charge in [-0.15, -0.1) is 0 Å². The lowest BCUT2D eigenvalue weighted by Gasteiger charge is -2.04. The second kappa shape index (κ2) is 4.69. The first-order chi connectivity index (χ1) is 6.93. The van der Waals surface area contributed by atoms with E-state index >= 15 is 0 Å². The van der Waals surface area contributed by atoms with Gasteiger partial charge in [0.2, 0.25) is 0 Å². The van der Waals surface area contributed by atoms with Gasteiger partial charge in [0, 0.05) is 6.26 Å². The fraction of sp³-hybridized carbons (Fsp3) is 0.333. The molecule has 0 heterocycles. The molecule has 84 valence electrons. The maximum atomic E-state index is 13.0. The minimum absolute atomic E-state index is 0.0329. The van der Waals surface area contributed by atoms with E-state index in [1.54, 1.807) is 0 Å². The van der Waals surface area contributed by atoms with Gasteiger partial charge in [0.1, 0.15) is 5.82 Å². The maximum absolute atomic E-state index is 13.0. The molecule has 0 unspecified atom stereocenters. The Balaban J connectivity index is 3.06. The van der Waals surface area contributed by atoms with E-state index in [1.165, 1.54) is 12.1 Å². The number of rotatable bonds is 4. The summed E-state index contributed by atoms with van der Waals surface area (Å²) in [5.74, 6) is 4.25. The number of hydrogen-bond acceptors (Lipinski definition) is 4. The number of nitrogens with two attached hydrogens (primary N) is 1. The van der Waals surface area contributed by atoms with Crippen LogP contribution in [0.3, 0.4) is 0 Å². The fourth-order valence-corrected chi connectivity index (χ4v) is 1.85. The van der Waals surface area contributed by atoms with Crippen LogP contribution in [0.25, 0.3) is 0 Å². The zero-order valence-electron chi connectivity index (χ0n) is 8.23. The molecule has 15 heavy (non-hydrogen) atoms. The predicted octanol–water partition coefficient (Wildman–Crippen LogP) is 0.662. The summed E-state index contributed by atoms with van der Waals surface area (Å²) in [5.41, 5.74) is 0.542. The highest BCUT2D eigenvalue weighted by Crippen LogP contribution is 2.14. The third kappa shape index (κ3) is 3.58. The average molecular weight is 233 g/mol. The molecule has 0 bridgehead atoms. The van der Waals surface area contributed by atoms with Gasteiger partial charge in [0.05, 0.1) is 11.5 Å². The first kappa shape index (κ1) is 12.1. The minimum Gasteiger partial charge on any atom is -0.304 e. The van der Waals surface area contributed by atoms with Crippen molar-refractivity contribution in [2.75, 3.05) is 12.9 Å². The van der Waals surface area contributed by atoms with Gasteiger partial charge in [-0.25, -0.2) is 18.7 Å². The van der Waals surface area contributed by atoms with Crippen LogP contribution in [-0.4, -0.2) is 21.3 Å². The van der Waals surface area contributed by atoms with E-state index < -0.39 is 15.7 Å². The zero-order valence-corrected chi connectivity index (χ0v) is 9.05. The van der Waals surface area contributed by atoms with E-state index in [4.69, 9.17) is 5.90 Å². The van der Waals surface area contributed by atoms with Gasteiger partial charge >= 0.3 is 0 Å². The summed E-state index contributed by atoms with van der Waals surface area (Å²) >= 11 is 0. The van der Waals surface area contributed by atoms with Crippen LogP contribution in [0.4, 0.5) is 4.39 Å². The first-order valence-corrected chi connectivity index (χ1v) is 6.14. The lowest BCUT2D eigenvalue weighted by Crippen LogP contribution is -2.05. The van der Waals surface area contributed by atoms with Crippen LogP contribution in [0.15, 0.2) is 23.1 Å². The van der Waals surface area contributed by atoms with Crippen molar-refractivity contribution >= 4 is 9.84 Å². The van der Waals surface area contributed by atoms with Crippen molar-refractivity contribution in [1.29, 1.82) is 0 Å². The monoisotopic (exact) mass is 233 g/mol. The van der Waals surface area contributed by atoms with Crippen molar-refractivity contribution in [3.05, 3.63) is 29.6 Å². The van der Waals surface area contributed by atoms with Crippen molar-refractivity contribution in [2.45, 2.75) is 11.3 Å². The van der Waals surface area contributed by atoms with Crippen LogP contribution < -0.4 is 5.90 Å². The SMILES string of the molecule is CS(=O)(=O)c1cc(F)cc(CCON)c1. The van der Waals surface area contributed by atoms with Crippen molar-refractivity contribution in [3.63, 3.8) is 0 Å². The Morgan fingerprint density at radius 1 is 1.40 bits per heavy atom. The second-order valence-corrected chi connectivity index (χ2v) is 5.20. The molecule has 0 spiro atoms. The van der Waals surface area contributed by atoms with Gasteiger partial charge in [-0.2, -0.15) is 0 Å². The van der Waals surface area contributed by atoms with E-state index in [0.29, 0.717) is 12.0 Å². The molecule has 0 aromatic heterocycles. The van der Waals surface area contributed by atoms with Crippen LogP contribution in [-0.2, 0) is 21.1 Å². The van der Waals surface area contributed by atoms with Gasteiger partial charge in [-0.05, 0) is 30.2 Å². The second-order valence-electron chi connectivity index (χ2n) is 3.19. The number of benzene rings is 1. The standard InChI is InChI=1S/C9H12FNO3S/c1-15(12,13)9-5-7(2-3-14-11)4-8(10)6-9/h4-6H,2-3,11H2,1H3. The number of halogens is 1. The van der Waals surface area contributed by atoms with Gasteiger partial charge in [-0.1, -0.05) is 0 Å². The number of sulfone groups is 1. The largest absolute Gasteiger partial charge is 0.304 e.